The first-order chi connectivity index (χ1) is 11.5. The van der Waals surface area contributed by atoms with Crippen LogP contribution in [-0.4, -0.2) is 30.5 Å². The van der Waals surface area contributed by atoms with Crippen molar-refractivity contribution in [2.75, 3.05) is 19.0 Å². The minimum Gasteiger partial charge on any atom is -0.496 e. The van der Waals surface area contributed by atoms with Crippen LogP contribution in [0.5, 0.6) is 5.75 Å². The number of nitro groups is 1. The summed E-state index contributed by atoms with van der Waals surface area (Å²) >= 11 is 0. The number of ether oxygens (including phenoxy) is 2. The fraction of sp³-hybridized carbons (Fsp3) is 0.125. The normalized spacial score (nSPS) is 9.88. The Morgan fingerprint density at radius 1 is 1.12 bits per heavy atom. The number of nitro benzene ring substituents is 1. The molecule has 1 amide bonds. The Hall–Kier alpha value is -3.42. The van der Waals surface area contributed by atoms with Gasteiger partial charge in [0.25, 0.3) is 11.6 Å². The Morgan fingerprint density at radius 3 is 2.50 bits per heavy atom. The Bertz CT molecular complexity index is 775. The molecule has 0 aliphatic carbocycles. The number of rotatable bonds is 6. The molecule has 124 valence electrons. The third kappa shape index (κ3) is 4.07. The van der Waals surface area contributed by atoms with Gasteiger partial charge in [-0.2, -0.15) is 0 Å². The van der Waals surface area contributed by atoms with Gasteiger partial charge in [-0.1, -0.05) is 24.3 Å². The zero-order valence-electron chi connectivity index (χ0n) is 12.7. The predicted molar refractivity (Wildman–Crippen MR) is 85.0 cm³/mol. The molecule has 0 aliphatic heterocycles. The van der Waals surface area contributed by atoms with E-state index in [2.05, 4.69) is 5.32 Å². The third-order valence-corrected chi connectivity index (χ3v) is 3.04. The van der Waals surface area contributed by atoms with Crippen molar-refractivity contribution in [1.29, 1.82) is 0 Å². The molecule has 0 unspecified atom stereocenters. The van der Waals surface area contributed by atoms with Crippen molar-refractivity contribution in [2.45, 2.75) is 0 Å². The second kappa shape index (κ2) is 7.73. The van der Waals surface area contributed by atoms with Crippen LogP contribution in [0.2, 0.25) is 0 Å². The Labute approximate surface area is 137 Å². The van der Waals surface area contributed by atoms with Crippen LogP contribution in [0.15, 0.2) is 48.5 Å². The molecule has 8 heteroatoms. The summed E-state index contributed by atoms with van der Waals surface area (Å²) in [5.41, 5.74) is -0.0405. The van der Waals surface area contributed by atoms with Crippen LogP contribution >= 0.6 is 0 Å². The summed E-state index contributed by atoms with van der Waals surface area (Å²) in [6.07, 6.45) is 0. The summed E-state index contributed by atoms with van der Waals surface area (Å²) in [4.78, 5) is 34.1. The number of hydrogen-bond acceptors (Lipinski definition) is 6. The van der Waals surface area contributed by atoms with E-state index in [4.69, 9.17) is 9.47 Å². The van der Waals surface area contributed by atoms with E-state index in [1.165, 1.54) is 31.4 Å². The van der Waals surface area contributed by atoms with Crippen LogP contribution in [0, 0.1) is 10.1 Å². The van der Waals surface area contributed by atoms with Crippen LogP contribution in [0.1, 0.15) is 10.4 Å². The highest BCUT2D eigenvalue weighted by Crippen LogP contribution is 2.23. The van der Waals surface area contributed by atoms with Crippen LogP contribution in [0.3, 0.4) is 0 Å². The molecule has 0 spiro atoms. The molecule has 0 fully saturated rings. The number of anilines is 1. The largest absolute Gasteiger partial charge is 0.496 e. The fourth-order valence-corrected chi connectivity index (χ4v) is 1.95. The number of para-hydroxylation sites is 3. The molecule has 0 radical (unpaired) electrons. The lowest BCUT2D eigenvalue weighted by Gasteiger charge is -2.09. The molecule has 0 atom stereocenters. The van der Waals surface area contributed by atoms with Crippen molar-refractivity contribution >= 4 is 23.3 Å². The van der Waals surface area contributed by atoms with Gasteiger partial charge in [0.15, 0.2) is 6.61 Å². The molecule has 0 bridgehead atoms. The summed E-state index contributed by atoms with van der Waals surface area (Å²) < 4.78 is 9.94. The van der Waals surface area contributed by atoms with E-state index in [9.17, 15) is 19.7 Å². The van der Waals surface area contributed by atoms with E-state index in [1.807, 2.05) is 0 Å². The highest BCUT2D eigenvalue weighted by Gasteiger charge is 2.17. The summed E-state index contributed by atoms with van der Waals surface area (Å²) in [5.74, 6) is -1.10. The maximum Gasteiger partial charge on any atom is 0.342 e. The maximum absolute atomic E-state index is 12.0. The Kier molecular flexibility index (Phi) is 5.45. The van der Waals surface area contributed by atoms with E-state index >= 15 is 0 Å². The summed E-state index contributed by atoms with van der Waals surface area (Å²) in [5, 5.41) is 13.2. The van der Waals surface area contributed by atoms with Crippen molar-refractivity contribution in [1.82, 2.24) is 0 Å². The fourth-order valence-electron chi connectivity index (χ4n) is 1.95. The molecule has 2 rings (SSSR count). The Morgan fingerprint density at radius 2 is 1.79 bits per heavy atom. The molecule has 1 N–H and O–H groups in total. The van der Waals surface area contributed by atoms with Gasteiger partial charge in [-0.15, -0.1) is 0 Å². The number of methoxy groups -OCH3 is 1. The predicted octanol–water partition coefficient (Wildman–Crippen LogP) is 2.40. The molecule has 0 saturated carbocycles. The number of carbonyl (C=O) groups is 2. The van der Waals surface area contributed by atoms with Gasteiger partial charge in [0.05, 0.1) is 12.0 Å². The van der Waals surface area contributed by atoms with Gasteiger partial charge in [-0.05, 0) is 18.2 Å². The number of nitrogens with zero attached hydrogens (tertiary/aromatic N) is 1. The minimum absolute atomic E-state index is 0.0286. The van der Waals surface area contributed by atoms with E-state index in [-0.39, 0.29) is 16.9 Å². The average Bonchev–Trinajstić information content (AvgIpc) is 2.59. The number of hydrogen-bond donors (Lipinski definition) is 1. The van der Waals surface area contributed by atoms with Gasteiger partial charge < -0.3 is 14.8 Å². The molecular weight excluding hydrogens is 316 g/mol. The first-order valence-electron chi connectivity index (χ1n) is 6.86. The lowest BCUT2D eigenvalue weighted by Crippen LogP contribution is -2.21. The summed E-state index contributed by atoms with van der Waals surface area (Å²) in [6, 6.07) is 12.1. The molecule has 0 saturated heterocycles. The average molecular weight is 330 g/mol. The number of nitrogens with one attached hydrogen (secondary N) is 1. The van der Waals surface area contributed by atoms with Crippen molar-refractivity contribution in [3.63, 3.8) is 0 Å². The van der Waals surface area contributed by atoms with Gasteiger partial charge in [0.2, 0.25) is 0 Å². The topological polar surface area (TPSA) is 108 Å². The molecular formula is C16H14N2O6. The molecule has 0 heterocycles. The molecule has 2 aromatic carbocycles. The van der Waals surface area contributed by atoms with Crippen LogP contribution < -0.4 is 10.1 Å². The highest BCUT2D eigenvalue weighted by molar-refractivity contribution is 5.97. The molecule has 2 aromatic rings. The van der Waals surface area contributed by atoms with Crippen LogP contribution in [0.25, 0.3) is 0 Å². The minimum atomic E-state index is -0.731. The smallest absolute Gasteiger partial charge is 0.342 e. The summed E-state index contributed by atoms with van der Waals surface area (Å²) in [6.45, 7) is -0.580. The zero-order valence-corrected chi connectivity index (χ0v) is 12.7. The second-order valence-corrected chi connectivity index (χ2v) is 4.60. The quantitative estimate of drug-likeness (QED) is 0.495. The van der Waals surface area contributed by atoms with Gasteiger partial charge in [0, 0.05) is 6.07 Å². The number of amides is 1. The first kappa shape index (κ1) is 16.9. The van der Waals surface area contributed by atoms with Gasteiger partial charge in [0.1, 0.15) is 17.0 Å². The molecule has 8 nitrogen and oxygen atoms in total. The second-order valence-electron chi connectivity index (χ2n) is 4.60. The molecule has 0 aromatic heterocycles. The Balaban J connectivity index is 1.99. The number of benzene rings is 2. The van der Waals surface area contributed by atoms with Gasteiger partial charge in [-0.25, -0.2) is 4.79 Å². The van der Waals surface area contributed by atoms with E-state index < -0.39 is 23.4 Å². The standard InChI is InChI=1S/C16H14N2O6/c1-23-14-9-5-2-6-11(14)16(20)24-10-15(19)17-12-7-3-4-8-13(12)18(21)22/h2-9H,10H2,1H3,(H,17,19). The SMILES string of the molecule is COc1ccccc1C(=O)OCC(=O)Nc1ccccc1[N+](=O)[O-]. The monoisotopic (exact) mass is 330 g/mol. The maximum atomic E-state index is 12.0. The van der Waals surface area contributed by atoms with Gasteiger partial charge >= 0.3 is 5.97 Å². The van der Waals surface area contributed by atoms with Crippen molar-refractivity contribution in [3.8, 4) is 5.75 Å². The lowest BCUT2D eigenvalue weighted by molar-refractivity contribution is -0.383. The van der Waals surface area contributed by atoms with Crippen LogP contribution in [0.4, 0.5) is 11.4 Å². The van der Waals surface area contributed by atoms with E-state index in [0.29, 0.717) is 5.75 Å². The van der Waals surface area contributed by atoms with E-state index in [0.717, 1.165) is 0 Å². The third-order valence-electron chi connectivity index (χ3n) is 3.04. The molecule has 24 heavy (non-hydrogen) atoms. The zero-order chi connectivity index (χ0) is 17.5. The van der Waals surface area contributed by atoms with Gasteiger partial charge in [-0.3, -0.25) is 14.9 Å². The van der Waals surface area contributed by atoms with E-state index in [1.54, 1.807) is 24.3 Å². The number of carbonyl (C=O) groups excluding carboxylic acids is 2. The summed E-state index contributed by atoms with van der Waals surface area (Å²) in [7, 11) is 1.41. The highest BCUT2D eigenvalue weighted by atomic mass is 16.6. The lowest BCUT2D eigenvalue weighted by atomic mass is 10.2. The van der Waals surface area contributed by atoms with Crippen molar-refractivity contribution in [3.05, 3.63) is 64.2 Å². The van der Waals surface area contributed by atoms with Crippen molar-refractivity contribution < 1.29 is 24.0 Å². The van der Waals surface area contributed by atoms with Crippen LogP contribution in [-0.2, 0) is 9.53 Å². The molecule has 0 aliphatic rings. The number of esters is 1. The first-order valence-corrected chi connectivity index (χ1v) is 6.86. The van der Waals surface area contributed by atoms with Crippen molar-refractivity contribution in [2.24, 2.45) is 0 Å².